The van der Waals surface area contributed by atoms with Crippen LogP contribution >= 0.6 is 34.5 Å². The van der Waals surface area contributed by atoms with E-state index in [9.17, 15) is 4.79 Å². The molecule has 2 rings (SSSR count). The Morgan fingerprint density at radius 3 is 2.53 bits per heavy atom. The maximum Gasteiger partial charge on any atom is 0.205 e. The minimum Gasteiger partial charge on any atom is -0.497 e. The van der Waals surface area contributed by atoms with E-state index in [2.05, 4.69) is 0 Å². The van der Waals surface area contributed by atoms with Gasteiger partial charge in [0.05, 0.1) is 22.0 Å². The fourth-order valence-electron chi connectivity index (χ4n) is 1.39. The molecule has 0 fully saturated rings. The summed E-state index contributed by atoms with van der Waals surface area (Å²) in [6.07, 6.45) is 0. The lowest BCUT2D eigenvalue weighted by atomic mass is 10.1. The molecule has 0 saturated carbocycles. The first-order valence-corrected chi connectivity index (χ1v) is 6.38. The van der Waals surface area contributed by atoms with Crippen molar-refractivity contribution in [3.63, 3.8) is 0 Å². The van der Waals surface area contributed by atoms with Crippen molar-refractivity contribution >= 4 is 40.3 Å². The molecule has 0 aliphatic rings. The van der Waals surface area contributed by atoms with Crippen LogP contribution in [0.25, 0.3) is 0 Å². The van der Waals surface area contributed by atoms with E-state index in [1.54, 1.807) is 36.8 Å². The van der Waals surface area contributed by atoms with Crippen molar-refractivity contribution in [2.24, 2.45) is 0 Å². The Morgan fingerprint density at radius 2 is 2.00 bits per heavy atom. The van der Waals surface area contributed by atoms with E-state index in [0.717, 1.165) is 0 Å². The third kappa shape index (κ3) is 2.46. The van der Waals surface area contributed by atoms with E-state index in [-0.39, 0.29) is 5.78 Å². The number of thiophene rings is 1. The average molecular weight is 287 g/mol. The maximum absolute atomic E-state index is 12.1. The first-order valence-electron chi connectivity index (χ1n) is 4.74. The lowest BCUT2D eigenvalue weighted by Gasteiger charge is -2.05. The zero-order chi connectivity index (χ0) is 12.4. The number of halogens is 2. The molecule has 0 N–H and O–H groups in total. The van der Waals surface area contributed by atoms with Crippen LogP contribution in [0.3, 0.4) is 0 Å². The van der Waals surface area contributed by atoms with Gasteiger partial charge < -0.3 is 4.74 Å². The molecule has 0 atom stereocenters. The lowest BCUT2D eigenvalue weighted by Crippen LogP contribution is -2.00. The first kappa shape index (κ1) is 12.4. The Labute approximate surface area is 113 Å². The number of methoxy groups -OCH3 is 1. The monoisotopic (exact) mass is 286 g/mol. The molecule has 0 aliphatic heterocycles. The van der Waals surface area contributed by atoms with Crippen molar-refractivity contribution in [2.75, 3.05) is 7.11 Å². The molecule has 0 bridgehead atoms. The summed E-state index contributed by atoms with van der Waals surface area (Å²) in [6.45, 7) is 0. The van der Waals surface area contributed by atoms with Crippen LogP contribution in [0.15, 0.2) is 29.6 Å². The number of hydrogen-bond donors (Lipinski definition) is 0. The minimum atomic E-state index is -0.169. The zero-order valence-electron chi connectivity index (χ0n) is 8.87. The van der Waals surface area contributed by atoms with Crippen molar-refractivity contribution in [2.45, 2.75) is 0 Å². The fraction of sp³-hybridized carbons (Fsp3) is 0.0833. The SMILES string of the molecule is COc1ccc(C(=O)c2sccc2Cl)c(Cl)c1. The van der Waals surface area contributed by atoms with Crippen LogP contribution in [-0.2, 0) is 0 Å². The predicted molar refractivity (Wildman–Crippen MR) is 70.8 cm³/mol. The van der Waals surface area contributed by atoms with Crippen molar-refractivity contribution in [3.8, 4) is 5.75 Å². The van der Waals surface area contributed by atoms with E-state index < -0.39 is 0 Å². The van der Waals surface area contributed by atoms with Gasteiger partial charge in [0.25, 0.3) is 0 Å². The molecule has 1 aromatic carbocycles. The Morgan fingerprint density at radius 1 is 1.24 bits per heavy atom. The summed E-state index contributed by atoms with van der Waals surface area (Å²) >= 11 is 13.3. The number of rotatable bonds is 3. The van der Waals surface area contributed by atoms with Crippen LogP contribution in [0, 0.1) is 0 Å². The van der Waals surface area contributed by atoms with E-state index in [1.807, 2.05) is 0 Å². The summed E-state index contributed by atoms with van der Waals surface area (Å²) in [5.41, 5.74) is 0.428. The number of ketones is 1. The summed E-state index contributed by atoms with van der Waals surface area (Å²) in [6, 6.07) is 6.63. The van der Waals surface area contributed by atoms with Gasteiger partial charge in [0.15, 0.2) is 0 Å². The Balaban J connectivity index is 2.41. The summed E-state index contributed by atoms with van der Waals surface area (Å²) in [7, 11) is 1.54. The summed E-state index contributed by atoms with van der Waals surface area (Å²) in [4.78, 5) is 12.6. The molecule has 88 valence electrons. The number of carbonyl (C=O) groups excluding carboxylic acids is 1. The average Bonchev–Trinajstić information content (AvgIpc) is 2.74. The lowest BCUT2D eigenvalue weighted by molar-refractivity contribution is 0.104. The van der Waals surface area contributed by atoms with Crippen LogP contribution in [0.2, 0.25) is 10.0 Å². The number of carbonyl (C=O) groups is 1. The highest BCUT2D eigenvalue weighted by Crippen LogP contribution is 2.29. The van der Waals surface area contributed by atoms with Gasteiger partial charge in [-0.25, -0.2) is 0 Å². The smallest absolute Gasteiger partial charge is 0.205 e. The van der Waals surface area contributed by atoms with Crippen molar-refractivity contribution in [1.82, 2.24) is 0 Å². The van der Waals surface area contributed by atoms with E-state index in [4.69, 9.17) is 27.9 Å². The molecule has 0 amide bonds. The highest BCUT2D eigenvalue weighted by Gasteiger charge is 2.17. The summed E-state index contributed by atoms with van der Waals surface area (Å²) in [5, 5.41) is 2.58. The van der Waals surface area contributed by atoms with E-state index >= 15 is 0 Å². The van der Waals surface area contributed by atoms with Gasteiger partial charge in [0, 0.05) is 5.56 Å². The highest BCUT2D eigenvalue weighted by atomic mass is 35.5. The Hall–Kier alpha value is -1.03. The highest BCUT2D eigenvalue weighted by molar-refractivity contribution is 7.13. The van der Waals surface area contributed by atoms with Gasteiger partial charge in [-0.2, -0.15) is 0 Å². The van der Waals surface area contributed by atoms with Crippen molar-refractivity contribution in [1.29, 1.82) is 0 Å². The maximum atomic E-state index is 12.1. The quantitative estimate of drug-likeness (QED) is 0.787. The molecule has 0 unspecified atom stereocenters. The molecule has 0 spiro atoms. The van der Waals surface area contributed by atoms with Crippen molar-refractivity contribution < 1.29 is 9.53 Å². The van der Waals surface area contributed by atoms with Gasteiger partial charge in [-0.05, 0) is 29.6 Å². The van der Waals surface area contributed by atoms with Crippen LogP contribution < -0.4 is 4.74 Å². The largest absolute Gasteiger partial charge is 0.497 e. The van der Waals surface area contributed by atoms with E-state index in [0.29, 0.717) is 26.2 Å². The standard InChI is InChI=1S/C12H8Cl2O2S/c1-16-7-2-3-8(10(14)6-7)11(15)12-9(13)4-5-17-12/h2-6H,1H3. The van der Waals surface area contributed by atoms with Gasteiger partial charge >= 0.3 is 0 Å². The number of benzene rings is 1. The first-order chi connectivity index (χ1) is 8.13. The van der Waals surface area contributed by atoms with E-state index in [1.165, 1.54) is 11.3 Å². The molecule has 0 aliphatic carbocycles. The third-order valence-corrected chi connectivity index (χ3v) is 3.90. The van der Waals surface area contributed by atoms with Crippen molar-refractivity contribution in [3.05, 3.63) is 50.1 Å². The second-order valence-electron chi connectivity index (χ2n) is 3.27. The van der Waals surface area contributed by atoms with Crippen LogP contribution in [0.1, 0.15) is 15.2 Å². The van der Waals surface area contributed by atoms with Gasteiger partial charge in [0.2, 0.25) is 5.78 Å². The normalized spacial score (nSPS) is 10.3. The Kier molecular flexibility index (Phi) is 3.72. The van der Waals surface area contributed by atoms with Crippen LogP contribution in [0.4, 0.5) is 0 Å². The molecule has 1 aromatic heterocycles. The molecule has 2 nitrogen and oxygen atoms in total. The molecule has 5 heteroatoms. The van der Waals surface area contributed by atoms with Gasteiger partial charge in [-0.1, -0.05) is 23.2 Å². The fourth-order valence-corrected chi connectivity index (χ4v) is 2.74. The Bertz CT molecular complexity index is 563. The molecular formula is C12H8Cl2O2S. The second-order valence-corrected chi connectivity index (χ2v) is 5.00. The topological polar surface area (TPSA) is 26.3 Å². The molecule has 1 heterocycles. The van der Waals surface area contributed by atoms with Crippen LogP contribution in [0.5, 0.6) is 5.75 Å². The second kappa shape index (κ2) is 5.08. The third-order valence-electron chi connectivity index (χ3n) is 2.24. The molecule has 2 aromatic rings. The summed E-state index contributed by atoms with van der Waals surface area (Å²) < 4.78 is 5.02. The molecular weight excluding hydrogens is 279 g/mol. The summed E-state index contributed by atoms with van der Waals surface area (Å²) in [5.74, 6) is 0.446. The predicted octanol–water partition coefficient (Wildman–Crippen LogP) is 4.29. The van der Waals surface area contributed by atoms with Gasteiger partial charge in [0.1, 0.15) is 5.75 Å². The minimum absolute atomic E-state index is 0.169. The number of hydrogen-bond acceptors (Lipinski definition) is 3. The molecule has 0 saturated heterocycles. The molecule has 17 heavy (non-hydrogen) atoms. The zero-order valence-corrected chi connectivity index (χ0v) is 11.2. The van der Waals surface area contributed by atoms with Crippen LogP contribution in [-0.4, -0.2) is 12.9 Å². The van der Waals surface area contributed by atoms with Gasteiger partial charge in [-0.15, -0.1) is 11.3 Å². The van der Waals surface area contributed by atoms with Gasteiger partial charge in [-0.3, -0.25) is 4.79 Å². The molecule has 0 radical (unpaired) electrons. The number of ether oxygens (including phenoxy) is 1.